The summed E-state index contributed by atoms with van der Waals surface area (Å²) in [6.45, 7) is 9.49. The van der Waals surface area contributed by atoms with E-state index in [-0.39, 0.29) is 0 Å². The molecular weight excluding hydrogens is 260 g/mol. The molecule has 1 heterocycles. The summed E-state index contributed by atoms with van der Waals surface area (Å²) < 4.78 is 5.59. The topological polar surface area (TPSA) is 24.5 Å². The molecule has 2 rings (SSSR count). The van der Waals surface area contributed by atoms with Crippen LogP contribution in [0.2, 0.25) is 0 Å². The van der Waals surface area contributed by atoms with E-state index in [1.54, 1.807) is 0 Å². The second-order valence-electron chi connectivity index (χ2n) is 6.81. The van der Waals surface area contributed by atoms with E-state index in [0.29, 0.717) is 11.5 Å². The summed E-state index contributed by atoms with van der Waals surface area (Å²) in [7, 11) is 2.24. The lowest BCUT2D eigenvalue weighted by Crippen LogP contribution is -2.47. The van der Waals surface area contributed by atoms with Crippen molar-refractivity contribution in [1.29, 1.82) is 0 Å². The Morgan fingerprint density at radius 1 is 1.19 bits per heavy atom. The van der Waals surface area contributed by atoms with E-state index in [1.165, 1.54) is 5.56 Å². The maximum atomic E-state index is 5.59. The van der Waals surface area contributed by atoms with E-state index in [1.807, 2.05) is 0 Å². The highest BCUT2D eigenvalue weighted by Gasteiger charge is 2.33. The second kappa shape index (κ2) is 7.92. The zero-order valence-electron chi connectivity index (χ0n) is 13.8. The van der Waals surface area contributed by atoms with Gasteiger partial charge in [0.1, 0.15) is 0 Å². The summed E-state index contributed by atoms with van der Waals surface area (Å²) in [5.41, 5.74) is 1.74. The molecule has 1 aromatic rings. The minimum Gasteiger partial charge on any atom is -0.381 e. The molecule has 0 spiro atoms. The van der Waals surface area contributed by atoms with E-state index in [4.69, 9.17) is 4.74 Å². The van der Waals surface area contributed by atoms with Crippen LogP contribution in [-0.2, 0) is 11.3 Å². The molecular formula is C18H30N2O. The molecule has 0 amide bonds. The summed E-state index contributed by atoms with van der Waals surface area (Å²) in [6, 6.07) is 11.3. The number of ether oxygens (including phenoxy) is 1. The van der Waals surface area contributed by atoms with Gasteiger partial charge in [-0.25, -0.2) is 0 Å². The SMILES string of the molecule is CC(C)NCC1(CN(C)Cc2ccccc2)CCOCC1. The molecule has 0 aliphatic carbocycles. The Morgan fingerprint density at radius 3 is 2.48 bits per heavy atom. The third-order valence-electron chi connectivity index (χ3n) is 4.34. The molecule has 0 atom stereocenters. The lowest BCUT2D eigenvalue weighted by molar-refractivity contribution is -0.00248. The molecule has 1 fully saturated rings. The highest BCUT2D eigenvalue weighted by molar-refractivity contribution is 5.14. The molecule has 0 saturated carbocycles. The van der Waals surface area contributed by atoms with Crippen LogP contribution < -0.4 is 5.32 Å². The molecule has 1 saturated heterocycles. The van der Waals surface area contributed by atoms with Gasteiger partial charge >= 0.3 is 0 Å². The zero-order valence-corrected chi connectivity index (χ0v) is 13.8. The van der Waals surface area contributed by atoms with Gasteiger partial charge in [-0.3, -0.25) is 0 Å². The number of hydrogen-bond donors (Lipinski definition) is 1. The van der Waals surface area contributed by atoms with E-state index < -0.39 is 0 Å². The summed E-state index contributed by atoms with van der Waals surface area (Å²) in [5, 5.41) is 3.64. The first-order valence-corrected chi connectivity index (χ1v) is 8.13. The number of nitrogens with one attached hydrogen (secondary N) is 1. The molecule has 1 aliphatic heterocycles. The minimum absolute atomic E-state index is 0.353. The Balaban J connectivity index is 1.93. The van der Waals surface area contributed by atoms with Crippen molar-refractivity contribution in [2.45, 2.75) is 39.3 Å². The average molecular weight is 290 g/mol. The lowest BCUT2D eigenvalue weighted by atomic mass is 9.79. The summed E-state index contributed by atoms with van der Waals surface area (Å²) in [5.74, 6) is 0. The first kappa shape index (κ1) is 16.5. The monoisotopic (exact) mass is 290 g/mol. The van der Waals surface area contributed by atoms with Gasteiger partial charge in [-0.15, -0.1) is 0 Å². The van der Waals surface area contributed by atoms with Crippen LogP contribution >= 0.6 is 0 Å². The molecule has 0 aromatic heterocycles. The van der Waals surface area contributed by atoms with Gasteiger partial charge < -0.3 is 15.0 Å². The van der Waals surface area contributed by atoms with Crippen LogP contribution in [0.15, 0.2) is 30.3 Å². The molecule has 0 unspecified atom stereocenters. The highest BCUT2D eigenvalue weighted by Crippen LogP contribution is 2.31. The molecule has 0 radical (unpaired) electrons. The molecule has 118 valence electrons. The molecule has 1 aliphatic rings. The van der Waals surface area contributed by atoms with Crippen LogP contribution in [0.3, 0.4) is 0 Å². The molecule has 1 N–H and O–H groups in total. The molecule has 3 heteroatoms. The Kier molecular flexibility index (Phi) is 6.22. The second-order valence-corrected chi connectivity index (χ2v) is 6.81. The first-order valence-electron chi connectivity index (χ1n) is 8.13. The fourth-order valence-corrected chi connectivity index (χ4v) is 3.14. The fourth-order valence-electron chi connectivity index (χ4n) is 3.14. The van der Waals surface area contributed by atoms with Crippen LogP contribution in [-0.4, -0.2) is 44.3 Å². The van der Waals surface area contributed by atoms with Gasteiger partial charge in [-0.1, -0.05) is 44.2 Å². The highest BCUT2D eigenvalue weighted by atomic mass is 16.5. The van der Waals surface area contributed by atoms with Crippen molar-refractivity contribution in [3.05, 3.63) is 35.9 Å². The predicted octanol–water partition coefficient (Wildman–Crippen LogP) is 2.91. The van der Waals surface area contributed by atoms with Gasteiger partial charge in [0.15, 0.2) is 0 Å². The van der Waals surface area contributed by atoms with E-state index in [2.05, 4.69) is 61.4 Å². The van der Waals surface area contributed by atoms with Crippen molar-refractivity contribution in [3.8, 4) is 0 Å². The summed E-state index contributed by atoms with van der Waals surface area (Å²) in [6.07, 6.45) is 2.32. The normalized spacial score (nSPS) is 18.3. The first-order chi connectivity index (χ1) is 10.1. The summed E-state index contributed by atoms with van der Waals surface area (Å²) in [4.78, 5) is 2.46. The molecule has 1 aromatic carbocycles. The van der Waals surface area contributed by atoms with E-state index >= 15 is 0 Å². The van der Waals surface area contributed by atoms with Gasteiger partial charge in [0.25, 0.3) is 0 Å². The van der Waals surface area contributed by atoms with Gasteiger partial charge in [0.2, 0.25) is 0 Å². The lowest BCUT2D eigenvalue weighted by Gasteiger charge is -2.41. The van der Waals surface area contributed by atoms with Gasteiger partial charge in [0, 0.05) is 38.9 Å². The third-order valence-corrected chi connectivity index (χ3v) is 4.34. The Hall–Kier alpha value is -0.900. The molecule has 21 heavy (non-hydrogen) atoms. The van der Waals surface area contributed by atoms with E-state index in [9.17, 15) is 0 Å². The minimum atomic E-state index is 0.353. The Bertz CT molecular complexity index is 399. The standard InChI is InChI=1S/C18H30N2O/c1-16(2)19-14-18(9-11-21-12-10-18)15-20(3)13-17-7-5-4-6-8-17/h4-8,16,19H,9-15H2,1-3H3. The zero-order chi connectivity index (χ0) is 15.1. The molecule has 0 bridgehead atoms. The fraction of sp³-hybridized carbons (Fsp3) is 0.667. The Morgan fingerprint density at radius 2 is 1.86 bits per heavy atom. The number of benzene rings is 1. The van der Waals surface area contributed by atoms with Crippen molar-refractivity contribution in [3.63, 3.8) is 0 Å². The maximum Gasteiger partial charge on any atom is 0.0472 e. The largest absolute Gasteiger partial charge is 0.381 e. The smallest absolute Gasteiger partial charge is 0.0472 e. The number of nitrogens with zero attached hydrogens (tertiary/aromatic N) is 1. The maximum absolute atomic E-state index is 5.59. The van der Waals surface area contributed by atoms with Crippen molar-refractivity contribution < 1.29 is 4.74 Å². The van der Waals surface area contributed by atoms with Crippen LogP contribution in [0.5, 0.6) is 0 Å². The predicted molar refractivity (Wildman–Crippen MR) is 88.4 cm³/mol. The quantitative estimate of drug-likeness (QED) is 0.835. The van der Waals surface area contributed by atoms with Crippen molar-refractivity contribution in [2.75, 3.05) is 33.4 Å². The van der Waals surface area contributed by atoms with Crippen LogP contribution in [0, 0.1) is 5.41 Å². The van der Waals surface area contributed by atoms with Crippen molar-refractivity contribution in [1.82, 2.24) is 10.2 Å². The van der Waals surface area contributed by atoms with Crippen LogP contribution in [0.1, 0.15) is 32.3 Å². The van der Waals surface area contributed by atoms with Crippen molar-refractivity contribution in [2.24, 2.45) is 5.41 Å². The molecule has 3 nitrogen and oxygen atoms in total. The number of rotatable bonds is 7. The van der Waals surface area contributed by atoms with Crippen molar-refractivity contribution >= 4 is 0 Å². The van der Waals surface area contributed by atoms with E-state index in [0.717, 1.165) is 45.7 Å². The van der Waals surface area contributed by atoms with Crippen LogP contribution in [0.25, 0.3) is 0 Å². The van der Waals surface area contributed by atoms with Gasteiger partial charge in [-0.05, 0) is 30.9 Å². The van der Waals surface area contributed by atoms with Gasteiger partial charge in [0.05, 0.1) is 0 Å². The third kappa shape index (κ3) is 5.42. The van der Waals surface area contributed by atoms with Gasteiger partial charge in [-0.2, -0.15) is 0 Å². The number of hydrogen-bond acceptors (Lipinski definition) is 3. The average Bonchev–Trinajstić information content (AvgIpc) is 2.47. The van der Waals surface area contributed by atoms with Crippen LogP contribution in [0.4, 0.5) is 0 Å². The Labute approximate surface area is 129 Å². The summed E-state index contributed by atoms with van der Waals surface area (Å²) >= 11 is 0.